The average molecular weight is 367 g/mol. The summed E-state index contributed by atoms with van der Waals surface area (Å²) in [6, 6.07) is 12.8. The Morgan fingerprint density at radius 3 is 2.76 bits per heavy atom. The number of aromatic nitrogens is 1. The molecule has 1 heterocycles. The zero-order valence-electron chi connectivity index (χ0n) is 11.5. The molecule has 1 atom stereocenters. The van der Waals surface area contributed by atoms with Gasteiger partial charge in [-0.3, -0.25) is 4.79 Å². The van der Waals surface area contributed by atoms with E-state index < -0.39 is 0 Å². The van der Waals surface area contributed by atoms with E-state index in [1.54, 1.807) is 18.2 Å². The lowest BCUT2D eigenvalue weighted by Gasteiger charge is -2.15. The summed E-state index contributed by atoms with van der Waals surface area (Å²) in [5.74, 6) is 0.105. The monoisotopic (exact) mass is 366 g/mol. The molecule has 0 bridgehead atoms. The third-order valence-corrected chi connectivity index (χ3v) is 4.63. The molecule has 0 aliphatic rings. The normalized spacial score (nSPS) is 11.9. The number of nitrogens with one attached hydrogen (secondary N) is 1. The molecular weight excluding hydrogens is 352 g/mol. The number of rotatable bonds is 5. The second kappa shape index (κ2) is 7.47. The minimum Gasteiger partial charge on any atom is -0.618 e. The number of pyridine rings is 1. The van der Waals surface area contributed by atoms with Crippen LogP contribution in [0.3, 0.4) is 0 Å². The lowest BCUT2D eigenvalue weighted by Crippen LogP contribution is -2.31. The van der Waals surface area contributed by atoms with Crippen molar-refractivity contribution in [3.8, 4) is 0 Å². The lowest BCUT2D eigenvalue weighted by molar-refractivity contribution is -0.645. The van der Waals surface area contributed by atoms with Crippen LogP contribution in [0, 0.1) is 5.21 Å². The van der Waals surface area contributed by atoms with E-state index in [9.17, 15) is 10.0 Å². The summed E-state index contributed by atoms with van der Waals surface area (Å²) >= 11 is 4.69. The molecule has 0 aliphatic carbocycles. The van der Waals surface area contributed by atoms with Crippen LogP contribution in [0.4, 0.5) is 0 Å². The molecule has 0 aliphatic heterocycles. The van der Waals surface area contributed by atoms with Crippen molar-refractivity contribution in [1.29, 1.82) is 0 Å². The van der Waals surface area contributed by atoms with Crippen LogP contribution < -0.4 is 10.0 Å². The molecule has 1 aromatic heterocycles. The van der Waals surface area contributed by atoms with Crippen molar-refractivity contribution in [3.63, 3.8) is 0 Å². The fourth-order valence-corrected chi connectivity index (χ4v) is 3.20. The molecule has 1 N–H and O–H groups in total. The summed E-state index contributed by atoms with van der Waals surface area (Å²) in [5, 5.41) is 14.9. The molecule has 0 spiro atoms. The van der Waals surface area contributed by atoms with Gasteiger partial charge in [0.2, 0.25) is 5.91 Å². The van der Waals surface area contributed by atoms with Crippen molar-refractivity contribution in [2.75, 3.05) is 5.75 Å². The zero-order valence-corrected chi connectivity index (χ0v) is 13.9. The van der Waals surface area contributed by atoms with Gasteiger partial charge in [0, 0.05) is 16.6 Å². The number of halogens is 1. The van der Waals surface area contributed by atoms with Crippen LogP contribution in [0.15, 0.2) is 58.2 Å². The van der Waals surface area contributed by atoms with Crippen LogP contribution in [0.2, 0.25) is 0 Å². The van der Waals surface area contributed by atoms with E-state index in [1.807, 2.05) is 31.2 Å². The number of amides is 1. The highest BCUT2D eigenvalue weighted by atomic mass is 79.9. The summed E-state index contributed by atoms with van der Waals surface area (Å²) in [7, 11) is 0. The molecule has 0 saturated carbocycles. The Kier molecular flexibility index (Phi) is 5.64. The Hall–Kier alpha value is -1.53. The number of benzene rings is 1. The maximum absolute atomic E-state index is 12.0. The molecule has 110 valence electrons. The van der Waals surface area contributed by atoms with Crippen molar-refractivity contribution in [2.45, 2.75) is 18.0 Å². The minimum atomic E-state index is -0.105. The lowest BCUT2D eigenvalue weighted by atomic mass is 10.1. The predicted molar refractivity (Wildman–Crippen MR) is 86.8 cm³/mol. The summed E-state index contributed by atoms with van der Waals surface area (Å²) < 4.78 is 1.72. The van der Waals surface area contributed by atoms with Crippen LogP contribution in [0.25, 0.3) is 0 Å². The number of nitrogens with zero attached hydrogens (tertiary/aromatic N) is 1. The first-order valence-electron chi connectivity index (χ1n) is 6.42. The number of hydrogen-bond donors (Lipinski definition) is 1. The van der Waals surface area contributed by atoms with E-state index in [0.29, 0.717) is 5.03 Å². The molecule has 0 radical (unpaired) electrons. The molecule has 1 unspecified atom stereocenters. The van der Waals surface area contributed by atoms with Crippen LogP contribution >= 0.6 is 27.7 Å². The number of carbonyl (C=O) groups is 1. The predicted octanol–water partition coefficient (Wildman–Crippen LogP) is 3.05. The Morgan fingerprint density at radius 2 is 2.05 bits per heavy atom. The molecule has 2 rings (SSSR count). The van der Waals surface area contributed by atoms with Gasteiger partial charge in [-0.05, 0) is 36.4 Å². The first-order valence-corrected chi connectivity index (χ1v) is 8.20. The molecule has 0 fully saturated rings. The summed E-state index contributed by atoms with van der Waals surface area (Å²) in [4.78, 5) is 12.0. The van der Waals surface area contributed by atoms with Gasteiger partial charge in [-0.25, -0.2) is 0 Å². The van der Waals surface area contributed by atoms with Gasteiger partial charge in [-0.15, -0.1) is 0 Å². The second-order valence-electron chi connectivity index (χ2n) is 4.46. The van der Waals surface area contributed by atoms with E-state index in [2.05, 4.69) is 21.2 Å². The molecular formula is C15H15BrN2O2S. The largest absolute Gasteiger partial charge is 0.618 e. The van der Waals surface area contributed by atoms with Crippen molar-refractivity contribution in [1.82, 2.24) is 5.32 Å². The average Bonchev–Trinajstić information content (AvgIpc) is 2.46. The molecule has 0 saturated heterocycles. The fraction of sp³-hybridized carbons (Fsp3) is 0.200. The van der Waals surface area contributed by atoms with Crippen LogP contribution in [-0.4, -0.2) is 11.7 Å². The topological polar surface area (TPSA) is 56.0 Å². The maximum atomic E-state index is 12.0. The first-order chi connectivity index (χ1) is 10.1. The van der Waals surface area contributed by atoms with Gasteiger partial charge in [-0.1, -0.05) is 34.1 Å². The Bertz CT molecular complexity index is 637. The molecule has 4 nitrogen and oxygen atoms in total. The zero-order chi connectivity index (χ0) is 15.2. The quantitative estimate of drug-likeness (QED) is 0.502. The Morgan fingerprint density at radius 1 is 1.33 bits per heavy atom. The van der Waals surface area contributed by atoms with Crippen LogP contribution in [-0.2, 0) is 4.79 Å². The number of carbonyl (C=O) groups excluding carboxylic acids is 1. The smallest absolute Gasteiger partial charge is 0.251 e. The minimum absolute atomic E-state index is 0.0937. The van der Waals surface area contributed by atoms with E-state index in [1.165, 1.54) is 18.0 Å². The van der Waals surface area contributed by atoms with Gasteiger partial charge in [0.15, 0.2) is 6.20 Å². The molecule has 6 heteroatoms. The standard InChI is InChI=1S/C15H15BrN2O2S/c1-11(12-6-2-3-7-13(12)16)17-14(19)10-21-15-8-4-5-9-18(15)20/h2-9,11H,10H2,1H3,(H,17,19). The third kappa shape index (κ3) is 4.47. The van der Waals surface area contributed by atoms with Crippen molar-refractivity contribution in [3.05, 3.63) is 63.9 Å². The van der Waals surface area contributed by atoms with Crippen molar-refractivity contribution >= 4 is 33.6 Å². The number of thioether (sulfide) groups is 1. The molecule has 2 aromatic rings. The molecule has 21 heavy (non-hydrogen) atoms. The molecule has 1 amide bonds. The van der Waals surface area contributed by atoms with Gasteiger partial charge in [-0.2, -0.15) is 4.73 Å². The fourth-order valence-electron chi connectivity index (χ4n) is 1.85. The van der Waals surface area contributed by atoms with E-state index in [-0.39, 0.29) is 17.7 Å². The van der Waals surface area contributed by atoms with Gasteiger partial charge < -0.3 is 10.5 Å². The maximum Gasteiger partial charge on any atom is 0.251 e. The van der Waals surface area contributed by atoms with Gasteiger partial charge in [0.25, 0.3) is 5.03 Å². The summed E-state index contributed by atoms with van der Waals surface area (Å²) in [6.07, 6.45) is 1.42. The Labute approximate surface area is 136 Å². The van der Waals surface area contributed by atoms with E-state index in [4.69, 9.17) is 0 Å². The summed E-state index contributed by atoms with van der Waals surface area (Å²) in [5.41, 5.74) is 1.02. The summed E-state index contributed by atoms with van der Waals surface area (Å²) in [6.45, 7) is 1.93. The number of hydrogen-bond acceptors (Lipinski definition) is 3. The highest BCUT2D eigenvalue weighted by molar-refractivity contribution is 9.10. The van der Waals surface area contributed by atoms with E-state index in [0.717, 1.165) is 14.8 Å². The highest BCUT2D eigenvalue weighted by Crippen LogP contribution is 2.23. The van der Waals surface area contributed by atoms with Gasteiger partial charge >= 0.3 is 0 Å². The van der Waals surface area contributed by atoms with Crippen LogP contribution in [0.1, 0.15) is 18.5 Å². The van der Waals surface area contributed by atoms with Crippen molar-refractivity contribution < 1.29 is 9.52 Å². The molecule has 1 aromatic carbocycles. The van der Waals surface area contributed by atoms with Gasteiger partial charge in [0.05, 0.1) is 11.8 Å². The SMILES string of the molecule is CC(NC(=O)CSc1cccc[n+]1[O-])c1ccccc1Br. The van der Waals surface area contributed by atoms with Gasteiger partial charge in [0.1, 0.15) is 0 Å². The third-order valence-electron chi connectivity index (χ3n) is 2.89. The second-order valence-corrected chi connectivity index (χ2v) is 6.31. The highest BCUT2D eigenvalue weighted by Gasteiger charge is 2.14. The first kappa shape index (κ1) is 15.9. The van der Waals surface area contributed by atoms with Crippen LogP contribution in [0.5, 0.6) is 0 Å². The van der Waals surface area contributed by atoms with E-state index >= 15 is 0 Å². The Balaban J connectivity index is 1.90. The van der Waals surface area contributed by atoms with Crippen molar-refractivity contribution in [2.24, 2.45) is 0 Å².